The molecule has 2 heterocycles. The van der Waals surface area contributed by atoms with Gasteiger partial charge in [-0.15, -0.1) is 0 Å². The average molecular weight is 368 g/mol. The smallest absolute Gasteiger partial charge is 0.280 e. The predicted octanol–water partition coefficient (Wildman–Crippen LogP) is 4.41. The molecule has 22 heavy (non-hydrogen) atoms. The lowest BCUT2D eigenvalue weighted by Crippen LogP contribution is -2.02. The minimum atomic E-state index is -2.64. The first kappa shape index (κ1) is 14.9. The summed E-state index contributed by atoms with van der Waals surface area (Å²) in [6.45, 7) is 1.74. The summed E-state index contributed by atoms with van der Waals surface area (Å²) in [6.07, 6.45) is -2.64. The van der Waals surface area contributed by atoms with E-state index >= 15 is 0 Å². The van der Waals surface area contributed by atoms with Crippen LogP contribution >= 0.6 is 15.9 Å². The highest BCUT2D eigenvalue weighted by Crippen LogP contribution is 2.30. The van der Waals surface area contributed by atoms with Gasteiger partial charge in [0.15, 0.2) is 5.65 Å². The SMILES string of the molecule is COc1ccc(-c2cc(C(F)F)n3nc(C)c(Br)c3n2)cc1. The van der Waals surface area contributed by atoms with Crippen LogP contribution in [0.15, 0.2) is 34.8 Å². The van der Waals surface area contributed by atoms with E-state index < -0.39 is 6.43 Å². The van der Waals surface area contributed by atoms with Crippen molar-refractivity contribution in [2.45, 2.75) is 13.3 Å². The Morgan fingerprint density at radius 2 is 1.91 bits per heavy atom. The largest absolute Gasteiger partial charge is 0.497 e. The number of aryl methyl sites for hydroxylation is 1. The van der Waals surface area contributed by atoms with Crippen LogP contribution in [0.1, 0.15) is 17.8 Å². The second-order valence-electron chi connectivity index (χ2n) is 4.73. The predicted molar refractivity (Wildman–Crippen MR) is 82.4 cm³/mol. The first-order valence-electron chi connectivity index (χ1n) is 6.49. The van der Waals surface area contributed by atoms with Crippen LogP contribution in [0.5, 0.6) is 5.75 Å². The van der Waals surface area contributed by atoms with Crippen LogP contribution in [0.2, 0.25) is 0 Å². The Labute approximate surface area is 133 Å². The Hall–Kier alpha value is -2.02. The fourth-order valence-electron chi connectivity index (χ4n) is 2.19. The van der Waals surface area contributed by atoms with Gasteiger partial charge in [-0.2, -0.15) is 5.10 Å². The number of ether oxygens (including phenoxy) is 1. The van der Waals surface area contributed by atoms with Gasteiger partial charge in [-0.05, 0) is 53.2 Å². The molecule has 0 amide bonds. The molecule has 114 valence electrons. The van der Waals surface area contributed by atoms with Crippen molar-refractivity contribution in [3.8, 4) is 17.0 Å². The second kappa shape index (κ2) is 5.64. The lowest BCUT2D eigenvalue weighted by atomic mass is 10.1. The van der Waals surface area contributed by atoms with Gasteiger partial charge in [0.2, 0.25) is 0 Å². The van der Waals surface area contributed by atoms with Gasteiger partial charge in [0, 0.05) is 5.56 Å². The molecule has 0 unspecified atom stereocenters. The first-order chi connectivity index (χ1) is 10.5. The fraction of sp³-hybridized carbons (Fsp3) is 0.200. The van der Waals surface area contributed by atoms with Gasteiger partial charge in [-0.3, -0.25) is 0 Å². The van der Waals surface area contributed by atoms with E-state index in [4.69, 9.17) is 4.74 Å². The molecule has 1 aromatic carbocycles. The summed E-state index contributed by atoms with van der Waals surface area (Å²) in [6, 6.07) is 8.45. The zero-order valence-electron chi connectivity index (χ0n) is 11.8. The highest BCUT2D eigenvalue weighted by molar-refractivity contribution is 9.10. The monoisotopic (exact) mass is 367 g/mol. The average Bonchev–Trinajstić information content (AvgIpc) is 2.81. The van der Waals surface area contributed by atoms with Crippen LogP contribution in [-0.4, -0.2) is 21.7 Å². The summed E-state index contributed by atoms with van der Waals surface area (Å²) in [5.74, 6) is 0.695. The number of hydrogen-bond donors (Lipinski definition) is 0. The summed E-state index contributed by atoms with van der Waals surface area (Å²) >= 11 is 3.35. The molecule has 0 saturated carbocycles. The Bertz CT molecular complexity index is 831. The Morgan fingerprint density at radius 3 is 2.50 bits per heavy atom. The Morgan fingerprint density at radius 1 is 1.23 bits per heavy atom. The van der Waals surface area contributed by atoms with E-state index in [-0.39, 0.29) is 5.69 Å². The van der Waals surface area contributed by atoms with Gasteiger partial charge in [0.1, 0.15) is 11.4 Å². The van der Waals surface area contributed by atoms with Gasteiger partial charge < -0.3 is 4.74 Å². The molecule has 2 aromatic heterocycles. The van der Waals surface area contributed by atoms with E-state index in [2.05, 4.69) is 26.0 Å². The maximum atomic E-state index is 13.3. The third kappa shape index (κ3) is 2.45. The third-order valence-electron chi connectivity index (χ3n) is 3.33. The lowest BCUT2D eigenvalue weighted by Gasteiger charge is -2.08. The van der Waals surface area contributed by atoms with Crippen molar-refractivity contribution in [3.63, 3.8) is 0 Å². The maximum absolute atomic E-state index is 13.3. The molecule has 0 N–H and O–H groups in total. The Balaban J connectivity index is 2.23. The quantitative estimate of drug-likeness (QED) is 0.687. The normalized spacial score (nSPS) is 11.4. The number of hydrogen-bond acceptors (Lipinski definition) is 3. The molecular formula is C15H12BrF2N3O. The zero-order valence-corrected chi connectivity index (χ0v) is 13.4. The van der Waals surface area contributed by atoms with E-state index in [1.54, 1.807) is 38.3 Å². The first-order valence-corrected chi connectivity index (χ1v) is 7.29. The lowest BCUT2D eigenvalue weighted by molar-refractivity contribution is 0.143. The number of rotatable bonds is 3. The summed E-state index contributed by atoms with van der Waals surface area (Å²) in [4.78, 5) is 4.44. The van der Waals surface area contributed by atoms with Crippen LogP contribution in [0.3, 0.4) is 0 Å². The summed E-state index contributed by atoms with van der Waals surface area (Å²) in [5.41, 5.74) is 1.99. The number of benzene rings is 1. The number of alkyl halides is 2. The topological polar surface area (TPSA) is 39.4 Å². The molecule has 0 atom stereocenters. The van der Waals surface area contributed by atoms with Crippen molar-refractivity contribution in [1.82, 2.24) is 14.6 Å². The van der Waals surface area contributed by atoms with Gasteiger partial charge in [-0.25, -0.2) is 18.3 Å². The highest BCUT2D eigenvalue weighted by Gasteiger charge is 2.19. The highest BCUT2D eigenvalue weighted by atomic mass is 79.9. The Kier molecular flexibility index (Phi) is 3.82. The van der Waals surface area contributed by atoms with Crippen molar-refractivity contribution >= 4 is 21.6 Å². The van der Waals surface area contributed by atoms with Gasteiger partial charge >= 0.3 is 0 Å². The van der Waals surface area contributed by atoms with Crippen molar-refractivity contribution < 1.29 is 13.5 Å². The number of methoxy groups -OCH3 is 1. The molecule has 4 nitrogen and oxygen atoms in total. The molecule has 3 aromatic rings. The minimum absolute atomic E-state index is 0.190. The van der Waals surface area contributed by atoms with E-state index in [0.717, 1.165) is 5.56 Å². The summed E-state index contributed by atoms with van der Waals surface area (Å²) in [5, 5.41) is 4.10. The van der Waals surface area contributed by atoms with E-state index in [1.165, 1.54) is 10.6 Å². The van der Waals surface area contributed by atoms with Crippen molar-refractivity contribution in [3.05, 3.63) is 46.2 Å². The van der Waals surface area contributed by atoms with E-state index in [0.29, 0.717) is 27.3 Å². The zero-order chi connectivity index (χ0) is 15.9. The van der Waals surface area contributed by atoms with Gasteiger partial charge in [0.05, 0.1) is 23.0 Å². The van der Waals surface area contributed by atoms with Crippen molar-refractivity contribution in [1.29, 1.82) is 0 Å². The number of nitrogens with zero attached hydrogens (tertiary/aromatic N) is 3. The van der Waals surface area contributed by atoms with Crippen LogP contribution in [0.25, 0.3) is 16.9 Å². The maximum Gasteiger partial charge on any atom is 0.280 e. The summed E-state index contributed by atoms with van der Waals surface area (Å²) < 4.78 is 33.5. The molecule has 0 radical (unpaired) electrons. The third-order valence-corrected chi connectivity index (χ3v) is 4.26. The van der Waals surface area contributed by atoms with Gasteiger partial charge in [-0.1, -0.05) is 0 Å². The number of aromatic nitrogens is 3. The molecule has 0 saturated heterocycles. The minimum Gasteiger partial charge on any atom is -0.497 e. The summed E-state index contributed by atoms with van der Waals surface area (Å²) in [7, 11) is 1.57. The number of halogens is 3. The van der Waals surface area contributed by atoms with E-state index in [9.17, 15) is 8.78 Å². The molecule has 3 rings (SSSR count). The van der Waals surface area contributed by atoms with Gasteiger partial charge in [0.25, 0.3) is 6.43 Å². The van der Waals surface area contributed by atoms with Crippen LogP contribution < -0.4 is 4.74 Å². The molecule has 7 heteroatoms. The van der Waals surface area contributed by atoms with E-state index in [1.807, 2.05) is 0 Å². The standard InChI is InChI=1S/C15H12BrF2N3O/c1-8-13(16)15-19-11(7-12(14(17)18)21(15)20-8)9-3-5-10(22-2)6-4-9/h3-7,14H,1-2H3. The number of fused-ring (bicyclic) bond motifs is 1. The van der Waals surface area contributed by atoms with Crippen molar-refractivity contribution in [2.75, 3.05) is 7.11 Å². The van der Waals surface area contributed by atoms with Crippen molar-refractivity contribution in [2.24, 2.45) is 0 Å². The van der Waals surface area contributed by atoms with Crippen LogP contribution in [-0.2, 0) is 0 Å². The molecule has 0 fully saturated rings. The molecule has 0 aliphatic heterocycles. The second-order valence-corrected chi connectivity index (χ2v) is 5.52. The molecule has 0 spiro atoms. The fourth-order valence-corrected chi connectivity index (χ4v) is 2.52. The molecule has 0 aliphatic carbocycles. The molecule has 0 bridgehead atoms. The molecular weight excluding hydrogens is 356 g/mol. The van der Waals surface area contributed by atoms with Crippen LogP contribution in [0.4, 0.5) is 8.78 Å². The van der Waals surface area contributed by atoms with Crippen LogP contribution in [0, 0.1) is 6.92 Å². The molecule has 0 aliphatic rings.